The van der Waals surface area contributed by atoms with E-state index in [0.29, 0.717) is 30.9 Å². The summed E-state index contributed by atoms with van der Waals surface area (Å²) in [5, 5.41) is 14.4. The minimum atomic E-state index is -0.297. The number of carbonyl (C=O) groups excluding carboxylic acids is 1. The third-order valence-corrected chi connectivity index (χ3v) is 4.18. The van der Waals surface area contributed by atoms with Gasteiger partial charge in [0.15, 0.2) is 0 Å². The number of para-hydroxylation sites is 1. The average molecular weight is 338 g/mol. The Bertz CT molecular complexity index is 802. The van der Waals surface area contributed by atoms with Crippen LogP contribution in [-0.4, -0.2) is 25.2 Å². The fourth-order valence-corrected chi connectivity index (χ4v) is 3.01. The third-order valence-electron chi connectivity index (χ3n) is 4.18. The lowest BCUT2D eigenvalue weighted by molar-refractivity contribution is 0.249. The normalized spacial score (nSPS) is 16.3. The summed E-state index contributed by atoms with van der Waals surface area (Å²) in [5.41, 5.74) is 2.07. The number of anilines is 2. The highest BCUT2D eigenvalue weighted by Crippen LogP contribution is 2.23. The van der Waals surface area contributed by atoms with Gasteiger partial charge in [0.1, 0.15) is 5.82 Å². The molecule has 128 valence electrons. The van der Waals surface area contributed by atoms with E-state index in [1.54, 1.807) is 36.4 Å². The molecule has 1 fully saturated rings. The first-order chi connectivity index (χ1) is 12.2. The Balaban J connectivity index is 1.55. The van der Waals surface area contributed by atoms with Crippen molar-refractivity contribution >= 4 is 17.4 Å². The molecule has 1 saturated heterocycles. The van der Waals surface area contributed by atoms with Crippen molar-refractivity contribution in [2.75, 3.05) is 23.3 Å². The molecule has 2 aromatic carbocycles. The van der Waals surface area contributed by atoms with E-state index in [9.17, 15) is 9.18 Å². The van der Waals surface area contributed by atoms with Gasteiger partial charge in [-0.05, 0) is 36.2 Å². The van der Waals surface area contributed by atoms with Crippen LogP contribution in [-0.2, 0) is 6.42 Å². The van der Waals surface area contributed by atoms with E-state index in [1.807, 2.05) is 11.0 Å². The summed E-state index contributed by atoms with van der Waals surface area (Å²) in [5.74, 6) is -0.248. The molecule has 25 heavy (non-hydrogen) atoms. The summed E-state index contributed by atoms with van der Waals surface area (Å²) in [6.07, 6.45) is 1.06. The van der Waals surface area contributed by atoms with Gasteiger partial charge in [-0.15, -0.1) is 0 Å². The molecule has 1 atom stereocenters. The third kappa shape index (κ3) is 4.27. The zero-order valence-electron chi connectivity index (χ0n) is 13.7. The van der Waals surface area contributed by atoms with E-state index < -0.39 is 0 Å². The average Bonchev–Trinajstić information content (AvgIpc) is 3.04. The summed E-state index contributed by atoms with van der Waals surface area (Å²) in [4.78, 5) is 14.1. The molecule has 1 aliphatic rings. The van der Waals surface area contributed by atoms with Gasteiger partial charge in [-0.3, -0.25) is 0 Å². The molecule has 2 aromatic rings. The number of hydrogen-bond donors (Lipinski definition) is 2. The van der Waals surface area contributed by atoms with Crippen molar-refractivity contribution in [3.05, 3.63) is 59.9 Å². The van der Waals surface area contributed by atoms with Gasteiger partial charge in [0.05, 0.1) is 18.2 Å². The van der Waals surface area contributed by atoms with Gasteiger partial charge < -0.3 is 15.5 Å². The van der Waals surface area contributed by atoms with E-state index in [2.05, 4.69) is 16.7 Å². The van der Waals surface area contributed by atoms with Crippen LogP contribution in [0.15, 0.2) is 48.5 Å². The Morgan fingerprint density at radius 2 is 2.12 bits per heavy atom. The van der Waals surface area contributed by atoms with E-state index >= 15 is 0 Å². The summed E-state index contributed by atoms with van der Waals surface area (Å²) < 4.78 is 13.9. The van der Waals surface area contributed by atoms with Crippen LogP contribution >= 0.6 is 0 Å². The molecule has 2 amide bonds. The molecule has 0 radical (unpaired) electrons. The minimum Gasteiger partial charge on any atom is -0.367 e. The molecule has 0 aliphatic carbocycles. The van der Waals surface area contributed by atoms with Gasteiger partial charge in [-0.2, -0.15) is 5.26 Å². The molecule has 1 unspecified atom stereocenters. The standard InChI is InChI=1S/C19H19FN4O/c20-17-6-1-2-7-18(17)24-11-9-16(13-24)23-19(25)22-15-5-3-4-14(12-15)8-10-21/h1-7,12,16H,8-9,11,13H2,(H2,22,23,25). The highest BCUT2D eigenvalue weighted by molar-refractivity contribution is 5.89. The second kappa shape index (κ2) is 7.67. The van der Waals surface area contributed by atoms with Crippen LogP contribution < -0.4 is 15.5 Å². The van der Waals surface area contributed by atoms with Gasteiger partial charge in [0.25, 0.3) is 0 Å². The fourth-order valence-electron chi connectivity index (χ4n) is 3.01. The van der Waals surface area contributed by atoms with Gasteiger partial charge in [-0.1, -0.05) is 24.3 Å². The number of halogens is 1. The molecule has 2 N–H and O–H groups in total. The van der Waals surface area contributed by atoms with Gasteiger partial charge in [0, 0.05) is 24.8 Å². The number of nitriles is 1. The predicted octanol–water partition coefficient (Wildman–Crippen LogP) is 3.29. The summed E-state index contributed by atoms with van der Waals surface area (Å²) in [7, 11) is 0. The number of rotatable bonds is 4. The number of nitrogens with one attached hydrogen (secondary N) is 2. The molecule has 0 saturated carbocycles. The first-order valence-electron chi connectivity index (χ1n) is 8.18. The van der Waals surface area contributed by atoms with Crippen LogP contribution in [0.1, 0.15) is 12.0 Å². The van der Waals surface area contributed by atoms with Crippen molar-refractivity contribution in [3.63, 3.8) is 0 Å². The largest absolute Gasteiger partial charge is 0.367 e. The monoisotopic (exact) mass is 338 g/mol. The SMILES string of the molecule is N#CCc1cccc(NC(=O)NC2CCN(c3ccccc3F)C2)c1. The van der Waals surface area contributed by atoms with Gasteiger partial charge in [-0.25, -0.2) is 9.18 Å². The second-order valence-electron chi connectivity index (χ2n) is 6.02. The molecule has 6 heteroatoms. The van der Waals surface area contributed by atoms with Crippen LogP contribution in [0, 0.1) is 17.1 Å². The lowest BCUT2D eigenvalue weighted by atomic mass is 10.1. The highest BCUT2D eigenvalue weighted by Gasteiger charge is 2.25. The number of nitrogens with zero attached hydrogens (tertiary/aromatic N) is 2. The fraction of sp³-hybridized carbons (Fsp3) is 0.263. The van der Waals surface area contributed by atoms with Crippen LogP contribution in [0.25, 0.3) is 0 Å². The smallest absolute Gasteiger partial charge is 0.319 e. The minimum absolute atomic E-state index is 0.0399. The molecular weight excluding hydrogens is 319 g/mol. The number of amides is 2. The summed E-state index contributed by atoms with van der Waals surface area (Å²) in [6, 6.07) is 15.6. The van der Waals surface area contributed by atoms with E-state index in [0.717, 1.165) is 12.0 Å². The van der Waals surface area contributed by atoms with Crippen molar-refractivity contribution in [1.82, 2.24) is 5.32 Å². The molecule has 1 aliphatic heterocycles. The Kier molecular flexibility index (Phi) is 5.14. The molecule has 3 rings (SSSR count). The topological polar surface area (TPSA) is 68.2 Å². The lowest BCUT2D eigenvalue weighted by Gasteiger charge is -2.19. The van der Waals surface area contributed by atoms with Crippen LogP contribution in [0.4, 0.5) is 20.6 Å². The first-order valence-corrected chi connectivity index (χ1v) is 8.18. The maximum absolute atomic E-state index is 13.9. The van der Waals surface area contributed by atoms with Gasteiger partial charge in [0.2, 0.25) is 0 Å². The maximum Gasteiger partial charge on any atom is 0.319 e. The molecule has 0 aromatic heterocycles. The quantitative estimate of drug-likeness (QED) is 0.899. The summed E-state index contributed by atoms with van der Waals surface area (Å²) in [6.45, 7) is 1.27. The summed E-state index contributed by atoms with van der Waals surface area (Å²) >= 11 is 0. The van der Waals surface area contributed by atoms with E-state index in [1.165, 1.54) is 6.07 Å². The predicted molar refractivity (Wildman–Crippen MR) is 94.9 cm³/mol. The number of benzene rings is 2. The number of carbonyl (C=O) groups is 1. The Labute approximate surface area is 146 Å². The Hall–Kier alpha value is -3.07. The van der Waals surface area contributed by atoms with Crippen LogP contribution in [0.2, 0.25) is 0 Å². The van der Waals surface area contributed by atoms with Crippen LogP contribution in [0.5, 0.6) is 0 Å². The molecule has 5 nitrogen and oxygen atoms in total. The molecule has 1 heterocycles. The van der Waals surface area contributed by atoms with Crippen LogP contribution in [0.3, 0.4) is 0 Å². The lowest BCUT2D eigenvalue weighted by Crippen LogP contribution is -2.39. The maximum atomic E-state index is 13.9. The van der Waals surface area contributed by atoms with Crippen molar-refractivity contribution in [3.8, 4) is 6.07 Å². The number of urea groups is 1. The van der Waals surface area contributed by atoms with Gasteiger partial charge >= 0.3 is 6.03 Å². The van der Waals surface area contributed by atoms with Crippen molar-refractivity contribution in [1.29, 1.82) is 5.26 Å². The Morgan fingerprint density at radius 3 is 2.92 bits per heavy atom. The van der Waals surface area contributed by atoms with Crippen molar-refractivity contribution in [2.45, 2.75) is 18.9 Å². The van der Waals surface area contributed by atoms with Crippen molar-refractivity contribution in [2.24, 2.45) is 0 Å². The zero-order valence-corrected chi connectivity index (χ0v) is 13.7. The van der Waals surface area contributed by atoms with E-state index in [-0.39, 0.29) is 17.9 Å². The van der Waals surface area contributed by atoms with Crippen molar-refractivity contribution < 1.29 is 9.18 Å². The highest BCUT2D eigenvalue weighted by atomic mass is 19.1. The second-order valence-corrected chi connectivity index (χ2v) is 6.02. The number of hydrogen-bond acceptors (Lipinski definition) is 3. The molecule has 0 spiro atoms. The molecular formula is C19H19FN4O. The first kappa shape index (κ1) is 16.8. The molecule has 0 bridgehead atoms. The zero-order chi connectivity index (χ0) is 17.6. The van der Waals surface area contributed by atoms with E-state index in [4.69, 9.17) is 5.26 Å². The Morgan fingerprint density at radius 1 is 1.28 bits per heavy atom.